The highest BCUT2D eigenvalue weighted by molar-refractivity contribution is 7.93. The van der Waals surface area contributed by atoms with Crippen LogP contribution in [-0.2, 0) is 19.6 Å². The highest BCUT2D eigenvalue weighted by atomic mass is 32.2. The maximum atomic E-state index is 12.5. The second-order valence-corrected chi connectivity index (χ2v) is 9.28. The van der Waals surface area contributed by atoms with Crippen LogP contribution < -0.4 is 4.72 Å². The fraction of sp³-hybridized carbons (Fsp3) is 0.696. The van der Waals surface area contributed by atoms with Gasteiger partial charge in [-0.2, -0.15) is 0 Å². The van der Waals surface area contributed by atoms with Crippen molar-refractivity contribution in [2.24, 2.45) is 11.8 Å². The van der Waals surface area contributed by atoms with E-state index in [0.717, 1.165) is 44.9 Å². The predicted molar refractivity (Wildman–Crippen MR) is 122 cm³/mol. The number of ether oxygens (including phenoxy) is 1. The molecule has 1 fully saturated rings. The third-order valence-corrected chi connectivity index (χ3v) is 6.25. The van der Waals surface area contributed by atoms with Crippen LogP contribution in [0.15, 0.2) is 35.8 Å². The zero-order valence-corrected chi connectivity index (χ0v) is 19.8. The fourth-order valence-electron chi connectivity index (χ4n) is 3.16. The van der Waals surface area contributed by atoms with Crippen LogP contribution in [0.25, 0.3) is 0 Å². The molecule has 0 amide bonds. The maximum Gasteiger partial charge on any atom is 0.305 e. The molecule has 6 heteroatoms. The third kappa shape index (κ3) is 12.0. The van der Waals surface area contributed by atoms with Crippen LogP contribution >= 0.6 is 0 Å². The van der Waals surface area contributed by atoms with Gasteiger partial charge in [0.15, 0.2) is 0 Å². The standard InChI is InChI=1S/C21H35NO4S.C2H6/c1-17(2)15-16-18(3)27(24,25)22-20-13-10-9-12-19(20)11-7-5-6-8-14-21(23)26-4;1-2/h5,7,15-17,19-20,22H,3,6,8-14H2,1-2,4H3;1-2H3/b7-5-,16-15-;/t19-,20-;/m0./s1. The number of allylic oxidation sites excluding steroid dienone is 4. The van der Waals surface area contributed by atoms with E-state index in [-0.39, 0.29) is 22.8 Å². The first-order valence-corrected chi connectivity index (χ1v) is 12.4. The molecule has 0 spiro atoms. The number of carbonyl (C=O) groups excluding carboxylic acids is 1. The summed E-state index contributed by atoms with van der Waals surface area (Å²) in [5.41, 5.74) is 0. The summed E-state index contributed by atoms with van der Waals surface area (Å²) >= 11 is 0. The molecule has 0 aliphatic heterocycles. The molecule has 1 rings (SSSR count). The lowest BCUT2D eigenvalue weighted by Gasteiger charge is -2.31. The Kier molecular flexibility index (Phi) is 14.7. The molecule has 5 nitrogen and oxygen atoms in total. The number of sulfonamides is 1. The van der Waals surface area contributed by atoms with Crippen molar-refractivity contribution in [1.82, 2.24) is 4.72 Å². The van der Waals surface area contributed by atoms with Crippen LogP contribution in [0.5, 0.6) is 0 Å². The second kappa shape index (κ2) is 15.4. The first kappa shape index (κ1) is 27.6. The van der Waals surface area contributed by atoms with Gasteiger partial charge in [0.25, 0.3) is 0 Å². The Bertz CT molecular complexity index is 635. The number of esters is 1. The quantitative estimate of drug-likeness (QED) is 0.204. The monoisotopic (exact) mass is 427 g/mol. The second-order valence-electron chi connectivity index (χ2n) is 7.52. The van der Waals surface area contributed by atoms with Gasteiger partial charge in [-0.15, -0.1) is 0 Å². The SMILES string of the molecule is C=C(/C=C\C(C)C)S(=O)(=O)N[C@H]1CCCC[C@@H]1C/C=C\CCCC(=O)OC.CC. The molecule has 0 radical (unpaired) electrons. The third-order valence-electron chi connectivity index (χ3n) is 4.81. The van der Waals surface area contributed by atoms with E-state index in [1.165, 1.54) is 7.11 Å². The van der Waals surface area contributed by atoms with Crippen molar-refractivity contribution >= 4 is 16.0 Å². The van der Waals surface area contributed by atoms with E-state index in [4.69, 9.17) is 0 Å². The van der Waals surface area contributed by atoms with Gasteiger partial charge in [0, 0.05) is 12.5 Å². The van der Waals surface area contributed by atoms with Crippen molar-refractivity contribution in [3.05, 3.63) is 35.8 Å². The summed E-state index contributed by atoms with van der Waals surface area (Å²) < 4.78 is 32.6. The molecule has 0 aromatic carbocycles. The molecule has 2 atom stereocenters. The van der Waals surface area contributed by atoms with E-state index in [2.05, 4.69) is 28.2 Å². The molecular formula is C23H41NO4S. The lowest BCUT2D eigenvalue weighted by Crippen LogP contribution is -2.42. The Morgan fingerprint density at radius 1 is 1.21 bits per heavy atom. The number of carbonyl (C=O) groups is 1. The van der Waals surface area contributed by atoms with Crippen LogP contribution in [0.1, 0.15) is 79.1 Å². The molecule has 0 unspecified atom stereocenters. The van der Waals surface area contributed by atoms with Crippen LogP contribution in [0.3, 0.4) is 0 Å². The van der Waals surface area contributed by atoms with Gasteiger partial charge in [0.1, 0.15) is 0 Å². The molecule has 168 valence electrons. The van der Waals surface area contributed by atoms with E-state index in [0.29, 0.717) is 12.3 Å². The molecule has 0 aromatic heterocycles. The molecule has 1 N–H and O–H groups in total. The first-order valence-electron chi connectivity index (χ1n) is 10.9. The van der Waals surface area contributed by atoms with Gasteiger partial charge < -0.3 is 4.74 Å². The molecule has 0 aromatic rings. The number of nitrogens with one attached hydrogen (secondary N) is 1. The summed E-state index contributed by atoms with van der Waals surface area (Å²) in [6.45, 7) is 11.7. The van der Waals surface area contributed by atoms with Crippen molar-refractivity contribution in [3.63, 3.8) is 0 Å². The highest BCUT2D eigenvalue weighted by Gasteiger charge is 2.28. The highest BCUT2D eigenvalue weighted by Crippen LogP contribution is 2.28. The normalized spacial score (nSPS) is 19.9. The molecule has 0 saturated heterocycles. The van der Waals surface area contributed by atoms with Crippen molar-refractivity contribution in [2.45, 2.75) is 85.1 Å². The molecular weight excluding hydrogens is 386 g/mol. The van der Waals surface area contributed by atoms with E-state index in [1.807, 2.05) is 33.8 Å². The van der Waals surface area contributed by atoms with Crippen LogP contribution in [0.4, 0.5) is 0 Å². The summed E-state index contributed by atoms with van der Waals surface area (Å²) in [5.74, 6) is 0.396. The largest absolute Gasteiger partial charge is 0.469 e. The minimum atomic E-state index is -3.55. The van der Waals surface area contributed by atoms with Gasteiger partial charge in [-0.25, -0.2) is 13.1 Å². The zero-order valence-electron chi connectivity index (χ0n) is 18.9. The smallest absolute Gasteiger partial charge is 0.305 e. The Morgan fingerprint density at radius 2 is 1.86 bits per heavy atom. The van der Waals surface area contributed by atoms with Crippen molar-refractivity contribution in [3.8, 4) is 0 Å². The van der Waals surface area contributed by atoms with Crippen molar-refractivity contribution in [1.29, 1.82) is 0 Å². The minimum Gasteiger partial charge on any atom is -0.469 e. The Labute approximate surface area is 178 Å². The van der Waals surface area contributed by atoms with E-state index < -0.39 is 10.0 Å². The summed E-state index contributed by atoms with van der Waals surface area (Å²) in [6, 6.07) is -0.0485. The Morgan fingerprint density at radius 3 is 2.48 bits per heavy atom. The van der Waals surface area contributed by atoms with Gasteiger partial charge in [0.05, 0.1) is 12.0 Å². The van der Waals surface area contributed by atoms with Gasteiger partial charge in [0.2, 0.25) is 10.0 Å². The van der Waals surface area contributed by atoms with Crippen LogP contribution in [0, 0.1) is 11.8 Å². The molecule has 1 saturated carbocycles. The summed E-state index contributed by atoms with van der Waals surface area (Å²) in [7, 11) is -2.15. The maximum absolute atomic E-state index is 12.5. The number of rotatable bonds is 11. The average Bonchev–Trinajstić information content (AvgIpc) is 2.70. The van der Waals surface area contributed by atoms with Crippen molar-refractivity contribution in [2.75, 3.05) is 7.11 Å². The van der Waals surface area contributed by atoms with E-state index in [1.54, 1.807) is 6.08 Å². The summed E-state index contributed by atoms with van der Waals surface area (Å²) in [6.07, 6.45) is 14.6. The van der Waals surface area contributed by atoms with Crippen LogP contribution in [0.2, 0.25) is 0 Å². The molecule has 0 bridgehead atoms. The van der Waals surface area contributed by atoms with Crippen molar-refractivity contribution < 1.29 is 17.9 Å². The Balaban J connectivity index is 0.00000379. The number of unbranched alkanes of at least 4 members (excludes halogenated alkanes) is 1. The fourth-order valence-corrected chi connectivity index (χ4v) is 4.28. The molecule has 1 aliphatic rings. The Hall–Kier alpha value is -1.40. The lowest BCUT2D eigenvalue weighted by atomic mass is 9.83. The van der Waals surface area contributed by atoms with Gasteiger partial charge in [-0.3, -0.25) is 4.79 Å². The van der Waals surface area contributed by atoms with Gasteiger partial charge in [-0.05, 0) is 50.0 Å². The topological polar surface area (TPSA) is 72.5 Å². The first-order chi connectivity index (χ1) is 13.8. The zero-order chi connectivity index (χ0) is 22.3. The predicted octanol–water partition coefficient (Wildman–Crippen LogP) is 5.51. The van der Waals surface area contributed by atoms with E-state index >= 15 is 0 Å². The molecule has 1 aliphatic carbocycles. The number of hydrogen-bond donors (Lipinski definition) is 1. The molecule has 0 heterocycles. The average molecular weight is 428 g/mol. The van der Waals surface area contributed by atoms with Crippen LogP contribution in [-0.4, -0.2) is 27.5 Å². The summed E-state index contributed by atoms with van der Waals surface area (Å²) in [5, 5.41) is 0. The number of hydrogen-bond acceptors (Lipinski definition) is 4. The minimum absolute atomic E-state index is 0.0485. The lowest BCUT2D eigenvalue weighted by molar-refractivity contribution is -0.140. The summed E-state index contributed by atoms with van der Waals surface area (Å²) in [4.78, 5) is 11.2. The van der Waals surface area contributed by atoms with Gasteiger partial charge >= 0.3 is 5.97 Å². The molecule has 29 heavy (non-hydrogen) atoms. The van der Waals surface area contributed by atoms with E-state index in [9.17, 15) is 13.2 Å². The number of methoxy groups -OCH3 is 1. The van der Waals surface area contributed by atoms with Gasteiger partial charge in [-0.1, -0.05) is 65.3 Å².